The summed E-state index contributed by atoms with van der Waals surface area (Å²) in [6.07, 6.45) is 8.17. The number of nitrogens with zero attached hydrogens (tertiary/aromatic N) is 2. The Kier molecular flexibility index (Phi) is 6.49. The van der Waals surface area contributed by atoms with Gasteiger partial charge in [0.1, 0.15) is 0 Å². The van der Waals surface area contributed by atoms with E-state index < -0.39 is 5.97 Å². The molecule has 1 saturated heterocycles. The summed E-state index contributed by atoms with van der Waals surface area (Å²) < 4.78 is 0. The van der Waals surface area contributed by atoms with E-state index in [1.165, 1.54) is 32.1 Å². The van der Waals surface area contributed by atoms with E-state index in [0.29, 0.717) is 18.4 Å². The monoisotopic (exact) mass is 296 g/mol. The molecule has 5 heteroatoms. The Labute approximate surface area is 127 Å². The Balaban J connectivity index is 1.73. The molecule has 1 aliphatic carbocycles. The van der Waals surface area contributed by atoms with E-state index in [2.05, 4.69) is 4.90 Å². The Morgan fingerprint density at radius 3 is 2.43 bits per heavy atom. The predicted octanol–water partition coefficient (Wildman–Crippen LogP) is 1.97. The van der Waals surface area contributed by atoms with Gasteiger partial charge in [0.25, 0.3) is 0 Å². The highest BCUT2D eigenvalue weighted by Crippen LogP contribution is 2.27. The van der Waals surface area contributed by atoms with Crippen molar-refractivity contribution in [3.05, 3.63) is 0 Å². The molecule has 0 aromatic rings. The molecular formula is C16H28N2O3. The topological polar surface area (TPSA) is 60.9 Å². The number of hydrogen-bond acceptors (Lipinski definition) is 3. The van der Waals surface area contributed by atoms with Crippen LogP contribution in [0.5, 0.6) is 0 Å². The number of hydrogen-bond donors (Lipinski definition) is 1. The first-order chi connectivity index (χ1) is 10.1. The number of carboxylic acids is 1. The van der Waals surface area contributed by atoms with Gasteiger partial charge in [-0.25, -0.2) is 0 Å². The van der Waals surface area contributed by atoms with Crippen molar-refractivity contribution in [2.24, 2.45) is 5.92 Å². The maximum absolute atomic E-state index is 12.4. The zero-order valence-electron chi connectivity index (χ0n) is 12.9. The molecule has 2 rings (SSSR count). The highest BCUT2D eigenvalue weighted by molar-refractivity contribution is 5.76. The molecule has 1 amide bonds. The molecule has 5 nitrogen and oxygen atoms in total. The van der Waals surface area contributed by atoms with E-state index in [1.807, 2.05) is 4.90 Å². The molecule has 0 radical (unpaired) electrons. The lowest BCUT2D eigenvalue weighted by molar-refractivity contribution is -0.137. The number of aliphatic carboxylic acids is 1. The molecule has 0 unspecified atom stereocenters. The van der Waals surface area contributed by atoms with Gasteiger partial charge in [-0.3, -0.25) is 9.59 Å². The first kappa shape index (κ1) is 16.3. The van der Waals surface area contributed by atoms with Crippen LogP contribution in [0.1, 0.15) is 51.4 Å². The van der Waals surface area contributed by atoms with Crippen molar-refractivity contribution in [1.29, 1.82) is 0 Å². The van der Waals surface area contributed by atoms with Crippen LogP contribution in [0, 0.1) is 5.92 Å². The number of carbonyl (C=O) groups excluding carboxylic acids is 1. The van der Waals surface area contributed by atoms with Crippen molar-refractivity contribution in [3.8, 4) is 0 Å². The van der Waals surface area contributed by atoms with Crippen molar-refractivity contribution in [2.75, 3.05) is 32.7 Å². The molecule has 0 aromatic heterocycles. The largest absolute Gasteiger partial charge is 0.481 e. The first-order valence-electron chi connectivity index (χ1n) is 8.37. The average molecular weight is 296 g/mol. The normalized spacial score (nSPS) is 22.0. The van der Waals surface area contributed by atoms with Crippen molar-refractivity contribution in [1.82, 2.24) is 9.80 Å². The molecule has 120 valence electrons. The quantitative estimate of drug-likeness (QED) is 0.842. The zero-order valence-corrected chi connectivity index (χ0v) is 12.9. The summed E-state index contributed by atoms with van der Waals surface area (Å²) in [5.74, 6) is 0.157. The Morgan fingerprint density at radius 1 is 0.952 bits per heavy atom. The third-order valence-electron chi connectivity index (χ3n) is 4.77. The standard InChI is InChI=1S/C16H28N2O3/c19-15(13-14-5-2-1-3-6-14)18-9-4-8-17(11-12-18)10-7-16(20)21/h14H,1-13H2,(H,20,21). The SMILES string of the molecule is O=C(O)CCN1CCCN(C(=O)CC2CCCCC2)CC1. The van der Waals surface area contributed by atoms with Gasteiger partial charge in [-0.2, -0.15) is 0 Å². The third kappa shape index (κ3) is 5.65. The summed E-state index contributed by atoms with van der Waals surface area (Å²) in [5, 5.41) is 8.75. The van der Waals surface area contributed by atoms with Crippen molar-refractivity contribution >= 4 is 11.9 Å². The van der Waals surface area contributed by atoms with E-state index in [-0.39, 0.29) is 6.42 Å². The van der Waals surface area contributed by atoms with Gasteiger partial charge >= 0.3 is 5.97 Å². The lowest BCUT2D eigenvalue weighted by Gasteiger charge is -2.26. The zero-order chi connectivity index (χ0) is 15.1. The van der Waals surface area contributed by atoms with Crippen LogP contribution in [0.3, 0.4) is 0 Å². The highest BCUT2D eigenvalue weighted by Gasteiger charge is 2.23. The minimum absolute atomic E-state index is 0.190. The molecule has 0 aromatic carbocycles. The Bertz CT molecular complexity index is 353. The van der Waals surface area contributed by atoms with Crippen LogP contribution < -0.4 is 0 Å². The third-order valence-corrected chi connectivity index (χ3v) is 4.77. The lowest BCUT2D eigenvalue weighted by atomic mass is 9.86. The second-order valence-corrected chi connectivity index (χ2v) is 6.43. The van der Waals surface area contributed by atoms with Crippen LogP contribution in [0.15, 0.2) is 0 Å². The summed E-state index contributed by atoms with van der Waals surface area (Å²) >= 11 is 0. The maximum atomic E-state index is 12.4. The van der Waals surface area contributed by atoms with Crippen molar-refractivity contribution < 1.29 is 14.7 Å². The van der Waals surface area contributed by atoms with E-state index in [0.717, 1.165) is 39.0 Å². The molecule has 2 aliphatic rings. The highest BCUT2D eigenvalue weighted by atomic mass is 16.4. The molecule has 0 atom stereocenters. The lowest BCUT2D eigenvalue weighted by Crippen LogP contribution is -2.36. The summed E-state index contributed by atoms with van der Waals surface area (Å²) in [4.78, 5) is 27.2. The van der Waals surface area contributed by atoms with E-state index in [1.54, 1.807) is 0 Å². The number of carboxylic acid groups (broad SMARTS) is 1. The Morgan fingerprint density at radius 2 is 1.71 bits per heavy atom. The first-order valence-corrected chi connectivity index (χ1v) is 8.37. The van der Waals surface area contributed by atoms with Crippen LogP contribution >= 0.6 is 0 Å². The van der Waals surface area contributed by atoms with Crippen LogP contribution in [0.25, 0.3) is 0 Å². The van der Waals surface area contributed by atoms with Gasteiger partial charge in [0.15, 0.2) is 0 Å². The fourth-order valence-corrected chi connectivity index (χ4v) is 3.46. The summed E-state index contributed by atoms with van der Waals surface area (Å²) in [5.41, 5.74) is 0. The molecule has 1 N–H and O–H groups in total. The van der Waals surface area contributed by atoms with E-state index >= 15 is 0 Å². The minimum atomic E-state index is -0.746. The van der Waals surface area contributed by atoms with Crippen LogP contribution in [-0.4, -0.2) is 59.5 Å². The van der Waals surface area contributed by atoms with Gasteiger partial charge in [0.05, 0.1) is 6.42 Å². The Hall–Kier alpha value is -1.10. The van der Waals surface area contributed by atoms with Crippen molar-refractivity contribution in [3.63, 3.8) is 0 Å². The molecule has 1 aliphatic heterocycles. The number of rotatable bonds is 5. The van der Waals surface area contributed by atoms with E-state index in [9.17, 15) is 9.59 Å². The maximum Gasteiger partial charge on any atom is 0.304 e. The van der Waals surface area contributed by atoms with Gasteiger partial charge in [-0.05, 0) is 31.7 Å². The molecule has 2 fully saturated rings. The van der Waals surface area contributed by atoms with Crippen LogP contribution in [0.4, 0.5) is 0 Å². The minimum Gasteiger partial charge on any atom is -0.481 e. The summed E-state index contributed by atoms with van der Waals surface area (Å²) in [6, 6.07) is 0. The fourth-order valence-electron chi connectivity index (χ4n) is 3.46. The van der Waals surface area contributed by atoms with Crippen LogP contribution in [-0.2, 0) is 9.59 Å². The average Bonchev–Trinajstić information content (AvgIpc) is 2.71. The molecular weight excluding hydrogens is 268 g/mol. The second-order valence-electron chi connectivity index (χ2n) is 6.43. The van der Waals surface area contributed by atoms with Gasteiger partial charge in [0, 0.05) is 32.6 Å². The summed E-state index contributed by atoms with van der Waals surface area (Å²) in [6.45, 7) is 3.89. The summed E-state index contributed by atoms with van der Waals surface area (Å²) in [7, 11) is 0. The smallest absolute Gasteiger partial charge is 0.304 e. The molecule has 1 saturated carbocycles. The second kappa shape index (κ2) is 8.37. The molecule has 0 bridgehead atoms. The van der Waals surface area contributed by atoms with Crippen molar-refractivity contribution in [2.45, 2.75) is 51.4 Å². The van der Waals surface area contributed by atoms with Gasteiger partial charge < -0.3 is 14.9 Å². The number of carbonyl (C=O) groups is 2. The van der Waals surface area contributed by atoms with Gasteiger partial charge in [-0.15, -0.1) is 0 Å². The fraction of sp³-hybridized carbons (Fsp3) is 0.875. The molecule has 21 heavy (non-hydrogen) atoms. The predicted molar refractivity (Wildman–Crippen MR) is 81.1 cm³/mol. The molecule has 1 heterocycles. The van der Waals surface area contributed by atoms with E-state index in [4.69, 9.17) is 5.11 Å². The number of amides is 1. The van der Waals surface area contributed by atoms with Gasteiger partial charge in [0.2, 0.25) is 5.91 Å². The molecule has 0 spiro atoms. The van der Waals surface area contributed by atoms with Gasteiger partial charge in [-0.1, -0.05) is 19.3 Å². The van der Waals surface area contributed by atoms with Crippen LogP contribution in [0.2, 0.25) is 0 Å².